The summed E-state index contributed by atoms with van der Waals surface area (Å²) in [6, 6.07) is 25.3. The molecule has 0 aliphatic heterocycles. The van der Waals surface area contributed by atoms with Crippen molar-refractivity contribution in [3.05, 3.63) is 129 Å². The fourth-order valence-electron chi connectivity index (χ4n) is 5.13. The molecule has 0 aliphatic carbocycles. The van der Waals surface area contributed by atoms with Crippen molar-refractivity contribution in [2.45, 2.75) is 0 Å². The number of carbonyl (C=O) groups excluding carboxylic acids is 1. The first-order valence-electron chi connectivity index (χ1n) is 15.0. The number of halogens is 2. The summed E-state index contributed by atoms with van der Waals surface area (Å²) >= 11 is 3.08. The molecule has 0 unspecified atom stereocenters. The topological polar surface area (TPSA) is 156 Å². The van der Waals surface area contributed by atoms with E-state index in [1.165, 1.54) is 63.8 Å². The second-order valence-electron chi connectivity index (χ2n) is 10.8. The number of aromatic hydroxyl groups is 4. The molecule has 0 atom stereocenters. The van der Waals surface area contributed by atoms with Crippen LogP contribution in [0.3, 0.4) is 0 Å². The molecule has 0 saturated carbocycles. The highest BCUT2D eigenvalue weighted by Gasteiger charge is 2.24. The van der Waals surface area contributed by atoms with Crippen LogP contribution in [0.5, 0.6) is 40.2 Å². The number of hydrogen-bond donors (Lipinski definition) is 4. The van der Waals surface area contributed by atoms with E-state index in [1.54, 1.807) is 0 Å². The van der Waals surface area contributed by atoms with Gasteiger partial charge in [-0.2, -0.15) is 0 Å². The van der Waals surface area contributed by atoms with Crippen LogP contribution in [0.25, 0.3) is 39.5 Å². The minimum absolute atomic E-state index is 0.00700. The standard InChI is InChI=1S/C21H14O5.C18H16BrFO5/c22-15-10-17(26-18-11-16(23)20(24)21(25)19(15)18)14-8-6-13(7-9-14)12-4-2-1-3-5-12;1-23-15-9-14(22)16(18(25-3)17(15)24-2)13(21)7-5-10-4-6-12(20)11(19)8-10/h1-11,23-25H;4-9,22H,1-3H3/b;7-5+. The Kier molecular flexibility index (Phi) is 11.0. The molecular formula is C39H30BrFO10. The summed E-state index contributed by atoms with van der Waals surface area (Å²) in [5.41, 5.74) is 2.81. The van der Waals surface area contributed by atoms with Crippen molar-refractivity contribution in [2.24, 2.45) is 0 Å². The van der Waals surface area contributed by atoms with Gasteiger partial charge in [0.05, 0.1) is 25.8 Å². The first kappa shape index (κ1) is 36.0. The van der Waals surface area contributed by atoms with Gasteiger partial charge in [0.2, 0.25) is 11.5 Å². The molecule has 10 nitrogen and oxygen atoms in total. The molecule has 0 fully saturated rings. The lowest BCUT2D eigenvalue weighted by molar-refractivity contribution is 0.104. The Morgan fingerprint density at radius 3 is 2.02 bits per heavy atom. The largest absolute Gasteiger partial charge is 0.507 e. The Morgan fingerprint density at radius 2 is 1.39 bits per heavy atom. The molecule has 0 aliphatic rings. The molecule has 6 rings (SSSR count). The number of rotatable bonds is 8. The smallest absolute Gasteiger partial charge is 0.204 e. The number of ether oxygens (including phenoxy) is 3. The lowest BCUT2D eigenvalue weighted by Crippen LogP contribution is -2.03. The minimum atomic E-state index is -0.746. The van der Waals surface area contributed by atoms with Gasteiger partial charge in [-0.1, -0.05) is 66.7 Å². The van der Waals surface area contributed by atoms with E-state index in [0.29, 0.717) is 16.9 Å². The van der Waals surface area contributed by atoms with Crippen LogP contribution >= 0.6 is 15.9 Å². The van der Waals surface area contributed by atoms with Crippen LogP contribution in [0.2, 0.25) is 0 Å². The number of benzene rings is 5. The fraction of sp³-hybridized carbons (Fsp3) is 0.0769. The van der Waals surface area contributed by atoms with Crippen molar-refractivity contribution in [3.63, 3.8) is 0 Å². The van der Waals surface area contributed by atoms with Crippen LogP contribution in [0.15, 0.2) is 111 Å². The number of allylic oxidation sites excluding steroid dienone is 1. The maximum Gasteiger partial charge on any atom is 0.204 e. The highest BCUT2D eigenvalue weighted by molar-refractivity contribution is 9.10. The van der Waals surface area contributed by atoms with Gasteiger partial charge in [-0.15, -0.1) is 0 Å². The zero-order valence-corrected chi connectivity index (χ0v) is 28.9. The average Bonchev–Trinajstić information content (AvgIpc) is 3.14. The average molecular weight is 758 g/mol. The second kappa shape index (κ2) is 15.5. The Labute approximate surface area is 299 Å². The van der Waals surface area contributed by atoms with Crippen molar-refractivity contribution in [1.82, 2.24) is 0 Å². The molecule has 6 aromatic rings. The SMILES string of the molecule is COc1cc(O)c(C(=O)/C=C/c2ccc(F)c(Br)c2)c(OC)c1OC.O=c1cc(-c2ccc(-c3ccccc3)cc2)oc2cc(O)c(O)c(O)c12. The van der Waals surface area contributed by atoms with Crippen LogP contribution in [0.4, 0.5) is 4.39 Å². The molecule has 1 aromatic heterocycles. The Bertz CT molecular complexity index is 2320. The Hall–Kier alpha value is -6.27. The van der Waals surface area contributed by atoms with E-state index in [0.717, 1.165) is 17.2 Å². The van der Waals surface area contributed by atoms with Gasteiger partial charge in [-0.25, -0.2) is 4.39 Å². The van der Waals surface area contributed by atoms with Crippen LogP contribution in [-0.2, 0) is 0 Å². The quantitative estimate of drug-likeness (QED) is 0.0675. The molecule has 0 saturated heterocycles. The lowest BCUT2D eigenvalue weighted by Gasteiger charge is -2.15. The maximum atomic E-state index is 13.3. The monoisotopic (exact) mass is 756 g/mol. The molecule has 0 bridgehead atoms. The van der Waals surface area contributed by atoms with Gasteiger partial charge in [0.1, 0.15) is 33.9 Å². The number of hydrogen-bond acceptors (Lipinski definition) is 10. The first-order chi connectivity index (χ1) is 24.5. The Balaban J connectivity index is 0.000000198. The summed E-state index contributed by atoms with van der Waals surface area (Å²) in [6.07, 6.45) is 2.76. The molecule has 51 heavy (non-hydrogen) atoms. The minimum Gasteiger partial charge on any atom is -0.507 e. The van der Waals surface area contributed by atoms with Crippen molar-refractivity contribution >= 4 is 38.8 Å². The molecule has 260 valence electrons. The third-order valence-corrected chi connectivity index (χ3v) is 8.26. The van der Waals surface area contributed by atoms with Gasteiger partial charge in [0.25, 0.3) is 0 Å². The van der Waals surface area contributed by atoms with E-state index >= 15 is 0 Å². The third-order valence-electron chi connectivity index (χ3n) is 7.65. The number of methoxy groups -OCH3 is 3. The molecule has 0 spiro atoms. The van der Waals surface area contributed by atoms with E-state index in [9.17, 15) is 34.4 Å². The highest BCUT2D eigenvalue weighted by Crippen LogP contribution is 2.45. The first-order valence-corrected chi connectivity index (χ1v) is 15.8. The van der Waals surface area contributed by atoms with Crippen LogP contribution in [0.1, 0.15) is 15.9 Å². The maximum absolute atomic E-state index is 13.3. The van der Waals surface area contributed by atoms with E-state index in [-0.39, 0.29) is 44.0 Å². The van der Waals surface area contributed by atoms with E-state index in [2.05, 4.69) is 15.9 Å². The fourth-order valence-corrected chi connectivity index (χ4v) is 5.53. The number of carbonyl (C=O) groups is 1. The Morgan fingerprint density at radius 1 is 0.745 bits per heavy atom. The van der Waals surface area contributed by atoms with Crippen molar-refractivity contribution in [1.29, 1.82) is 0 Å². The number of phenols is 4. The molecule has 5 aromatic carbocycles. The van der Waals surface area contributed by atoms with Crippen molar-refractivity contribution in [3.8, 4) is 62.7 Å². The van der Waals surface area contributed by atoms with Gasteiger partial charge in [-0.3, -0.25) is 9.59 Å². The van der Waals surface area contributed by atoms with Crippen molar-refractivity contribution in [2.75, 3.05) is 21.3 Å². The zero-order chi connectivity index (χ0) is 36.8. The molecular weight excluding hydrogens is 727 g/mol. The van der Waals surface area contributed by atoms with Gasteiger partial charge >= 0.3 is 0 Å². The predicted molar refractivity (Wildman–Crippen MR) is 194 cm³/mol. The summed E-state index contributed by atoms with van der Waals surface area (Å²) in [7, 11) is 4.16. The highest BCUT2D eigenvalue weighted by atomic mass is 79.9. The molecule has 1 heterocycles. The molecule has 12 heteroatoms. The van der Waals surface area contributed by atoms with Crippen molar-refractivity contribution < 1.29 is 48.2 Å². The number of phenolic OH excluding ortho intramolecular Hbond substituents is 4. The predicted octanol–water partition coefficient (Wildman–Crippen LogP) is 8.46. The van der Waals surface area contributed by atoms with Gasteiger partial charge in [-0.05, 0) is 50.8 Å². The number of fused-ring (bicyclic) bond motifs is 1. The van der Waals surface area contributed by atoms with Gasteiger partial charge in [0, 0.05) is 23.8 Å². The lowest BCUT2D eigenvalue weighted by atomic mass is 10.0. The summed E-state index contributed by atoms with van der Waals surface area (Å²) in [5, 5.41) is 39.1. The van der Waals surface area contributed by atoms with E-state index in [1.807, 2.05) is 54.6 Å². The summed E-state index contributed by atoms with van der Waals surface area (Å²) in [5.74, 6) is -2.41. The van der Waals surface area contributed by atoms with E-state index < -0.39 is 34.3 Å². The van der Waals surface area contributed by atoms with Crippen LogP contribution in [-0.4, -0.2) is 47.5 Å². The van der Waals surface area contributed by atoms with E-state index in [4.69, 9.17) is 18.6 Å². The molecule has 0 radical (unpaired) electrons. The van der Waals surface area contributed by atoms with Crippen LogP contribution < -0.4 is 19.6 Å². The molecule has 4 N–H and O–H groups in total. The molecule has 0 amide bonds. The summed E-state index contributed by atoms with van der Waals surface area (Å²) < 4.78 is 34.7. The summed E-state index contributed by atoms with van der Waals surface area (Å²) in [4.78, 5) is 24.9. The van der Waals surface area contributed by atoms with Gasteiger partial charge in [0.15, 0.2) is 34.2 Å². The normalized spacial score (nSPS) is 10.8. The third kappa shape index (κ3) is 7.66. The van der Waals surface area contributed by atoms with Gasteiger partial charge < -0.3 is 39.1 Å². The van der Waals surface area contributed by atoms with Crippen LogP contribution in [0, 0.1) is 5.82 Å². The summed E-state index contributed by atoms with van der Waals surface area (Å²) in [6.45, 7) is 0. The number of ketones is 1. The zero-order valence-electron chi connectivity index (χ0n) is 27.3. The second-order valence-corrected chi connectivity index (χ2v) is 11.6.